The molecule has 0 atom stereocenters. The molecular weight excluding hydrogens is 144 g/mol. The van der Waals surface area contributed by atoms with Gasteiger partial charge < -0.3 is 0 Å². The summed E-state index contributed by atoms with van der Waals surface area (Å²) in [5.41, 5.74) is 1.27. The molecular formula is C8H16OS. The summed E-state index contributed by atoms with van der Waals surface area (Å²) in [6.07, 6.45) is 1.96. The number of rotatable bonds is 0. The van der Waals surface area contributed by atoms with Crippen LogP contribution in [0.2, 0.25) is 0 Å². The predicted octanol–water partition coefficient (Wildman–Crippen LogP) is 2.11. The molecule has 1 heterocycles. The lowest BCUT2D eigenvalue weighted by Crippen LogP contribution is -2.10. The topological polar surface area (TPSA) is 17.1 Å². The summed E-state index contributed by atoms with van der Waals surface area (Å²) in [5, 5.41) is 0. The third-order valence-corrected chi connectivity index (χ3v) is 2.69. The molecule has 0 saturated carbocycles. The van der Waals surface area contributed by atoms with E-state index in [4.69, 9.17) is 0 Å². The fourth-order valence-electron chi connectivity index (χ4n) is 0.743. The number of hydrogen-bond acceptors (Lipinski definition) is 1. The zero-order chi connectivity index (χ0) is 7.98. The van der Waals surface area contributed by atoms with Crippen LogP contribution < -0.4 is 0 Å². The van der Waals surface area contributed by atoms with Gasteiger partial charge in [-0.1, -0.05) is 26.0 Å². The zero-order valence-corrected chi connectivity index (χ0v) is 7.67. The summed E-state index contributed by atoms with van der Waals surface area (Å²) in [6.45, 7) is 7.81. The molecule has 0 amide bonds. The van der Waals surface area contributed by atoms with Crippen molar-refractivity contribution in [3.8, 4) is 0 Å². The zero-order valence-electron chi connectivity index (χ0n) is 6.85. The maximum atomic E-state index is 10.7. The fourth-order valence-corrected chi connectivity index (χ4v) is 1.98. The van der Waals surface area contributed by atoms with E-state index in [-0.39, 0.29) is 0 Å². The second-order valence-corrected chi connectivity index (χ2v) is 3.79. The normalized spacial score (nSPS) is 19.6. The molecule has 60 valence electrons. The Morgan fingerprint density at radius 1 is 1.30 bits per heavy atom. The summed E-state index contributed by atoms with van der Waals surface area (Å²) in [7, 11) is -0.522. The van der Waals surface area contributed by atoms with Gasteiger partial charge in [0.25, 0.3) is 0 Å². The average Bonchev–Trinajstić information content (AvgIpc) is 2.00. The molecule has 1 nitrogen and oxygen atoms in total. The number of allylic oxidation sites excluding steroid dienone is 1. The van der Waals surface area contributed by atoms with Gasteiger partial charge >= 0.3 is 0 Å². The van der Waals surface area contributed by atoms with Crippen LogP contribution in [0, 0.1) is 0 Å². The van der Waals surface area contributed by atoms with Gasteiger partial charge in [0.15, 0.2) is 0 Å². The summed E-state index contributed by atoms with van der Waals surface area (Å²) < 4.78 is 10.7. The lowest BCUT2D eigenvalue weighted by Gasteiger charge is -2.10. The standard InChI is InChI=1S/C6H10OS.C2H6/c1-6-2-4-8(7)5-3-6;1-2/h1-5H2;1-2H3. The van der Waals surface area contributed by atoms with E-state index in [1.165, 1.54) is 5.57 Å². The quantitative estimate of drug-likeness (QED) is 0.496. The molecule has 0 aromatic carbocycles. The highest BCUT2D eigenvalue weighted by atomic mass is 32.2. The van der Waals surface area contributed by atoms with Gasteiger partial charge in [-0.25, -0.2) is 0 Å². The van der Waals surface area contributed by atoms with Crippen molar-refractivity contribution in [2.45, 2.75) is 26.7 Å². The predicted molar refractivity (Wildman–Crippen MR) is 47.6 cm³/mol. The Morgan fingerprint density at radius 3 is 2.00 bits per heavy atom. The van der Waals surface area contributed by atoms with Crippen LogP contribution >= 0.6 is 0 Å². The third kappa shape index (κ3) is 3.83. The van der Waals surface area contributed by atoms with E-state index in [2.05, 4.69) is 6.58 Å². The van der Waals surface area contributed by atoms with E-state index in [9.17, 15) is 4.21 Å². The molecule has 1 aliphatic rings. The highest BCUT2D eigenvalue weighted by Crippen LogP contribution is 2.11. The second-order valence-electron chi connectivity index (χ2n) is 2.10. The molecule has 2 heteroatoms. The lowest BCUT2D eigenvalue weighted by atomic mass is 10.2. The molecule has 0 aromatic heterocycles. The molecule has 1 saturated heterocycles. The molecule has 1 fully saturated rings. The maximum Gasteiger partial charge on any atom is 0.0272 e. The Balaban J connectivity index is 0.000000371. The molecule has 0 spiro atoms. The van der Waals surface area contributed by atoms with Crippen molar-refractivity contribution in [3.05, 3.63) is 12.2 Å². The molecule has 0 unspecified atom stereocenters. The van der Waals surface area contributed by atoms with E-state index in [1.807, 2.05) is 13.8 Å². The van der Waals surface area contributed by atoms with Crippen molar-refractivity contribution in [2.75, 3.05) is 11.5 Å². The minimum Gasteiger partial charge on any atom is -0.260 e. The van der Waals surface area contributed by atoms with E-state index in [1.54, 1.807) is 0 Å². The van der Waals surface area contributed by atoms with Crippen molar-refractivity contribution >= 4 is 10.8 Å². The minimum atomic E-state index is -0.522. The molecule has 0 bridgehead atoms. The average molecular weight is 160 g/mol. The van der Waals surface area contributed by atoms with Gasteiger partial charge in [0.2, 0.25) is 0 Å². The maximum absolute atomic E-state index is 10.7. The van der Waals surface area contributed by atoms with E-state index >= 15 is 0 Å². The first-order chi connectivity index (χ1) is 4.79. The van der Waals surface area contributed by atoms with Crippen LogP contribution in [0.25, 0.3) is 0 Å². The summed E-state index contributed by atoms with van der Waals surface area (Å²) >= 11 is 0. The number of hydrogen-bond donors (Lipinski definition) is 0. The summed E-state index contributed by atoms with van der Waals surface area (Å²) in [6, 6.07) is 0. The van der Waals surface area contributed by atoms with Crippen molar-refractivity contribution in [1.29, 1.82) is 0 Å². The van der Waals surface area contributed by atoms with Crippen molar-refractivity contribution in [1.82, 2.24) is 0 Å². The SMILES string of the molecule is C=C1CCS(=O)CC1.CC. The highest BCUT2D eigenvalue weighted by Gasteiger charge is 2.08. The van der Waals surface area contributed by atoms with Crippen LogP contribution in [0.15, 0.2) is 12.2 Å². The van der Waals surface area contributed by atoms with E-state index in [0.29, 0.717) is 0 Å². The van der Waals surface area contributed by atoms with Crippen molar-refractivity contribution in [2.24, 2.45) is 0 Å². The van der Waals surface area contributed by atoms with Crippen LogP contribution in [0.5, 0.6) is 0 Å². The molecule has 0 radical (unpaired) electrons. The minimum absolute atomic E-state index is 0.522. The van der Waals surface area contributed by atoms with Gasteiger partial charge in [-0.2, -0.15) is 0 Å². The van der Waals surface area contributed by atoms with E-state index in [0.717, 1.165) is 24.3 Å². The van der Waals surface area contributed by atoms with Gasteiger partial charge in [-0.3, -0.25) is 4.21 Å². The smallest absolute Gasteiger partial charge is 0.0272 e. The molecule has 0 N–H and O–H groups in total. The Hall–Kier alpha value is -0.110. The van der Waals surface area contributed by atoms with Gasteiger partial charge in [0.1, 0.15) is 0 Å². The first-order valence-corrected chi connectivity index (χ1v) is 5.29. The molecule has 10 heavy (non-hydrogen) atoms. The second kappa shape index (κ2) is 5.66. The van der Waals surface area contributed by atoms with Crippen LogP contribution in [0.4, 0.5) is 0 Å². The molecule has 0 aliphatic carbocycles. The van der Waals surface area contributed by atoms with Gasteiger partial charge in [0, 0.05) is 22.3 Å². The third-order valence-electron chi connectivity index (χ3n) is 1.37. The molecule has 1 rings (SSSR count). The molecule has 1 aliphatic heterocycles. The Kier molecular flexibility index (Phi) is 5.60. The van der Waals surface area contributed by atoms with Crippen molar-refractivity contribution in [3.63, 3.8) is 0 Å². The first-order valence-electron chi connectivity index (χ1n) is 3.80. The van der Waals surface area contributed by atoms with E-state index < -0.39 is 10.8 Å². The van der Waals surface area contributed by atoms with Crippen LogP contribution in [0.1, 0.15) is 26.7 Å². The highest BCUT2D eigenvalue weighted by molar-refractivity contribution is 7.85. The van der Waals surface area contributed by atoms with Gasteiger partial charge in [-0.15, -0.1) is 0 Å². The monoisotopic (exact) mass is 160 g/mol. The Morgan fingerprint density at radius 2 is 1.70 bits per heavy atom. The van der Waals surface area contributed by atoms with Gasteiger partial charge in [-0.05, 0) is 12.8 Å². The molecule has 0 aromatic rings. The van der Waals surface area contributed by atoms with Crippen LogP contribution in [-0.4, -0.2) is 15.7 Å². The lowest BCUT2D eigenvalue weighted by molar-refractivity contribution is 0.677. The van der Waals surface area contributed by atoms with Crippen LogP contribution in [-0.2, 0) is 10.8 Å². The Bertz CT molecular complexity index is 101. The summed E-state index contributed by atoms with van der Waals surface area (Å²) in [5.74, 6) is 1.69. The van der Waals surface area contributed by atoms with Gasteiger partial charge in [0.05, 0.1) is 0 Å². The largest absolute Gasteiger partial charge is 0.260 e. The first kappa shape index (κ1) is 9.89. The van der Waals surface area contributed by atoms with Crippen molar-refractivity contribution < 1.29 is 4.21 Å². The Labute approximate surface area is 66.0 Å². The summed E-state index contributed by atoms with van der Waals surface area (Å²) in [4.78, 5) is 0. The fraction of sp³-hybridized carbons (Fsp3) is 0.750. The van der Waals surface area contributed by atoms with Crippen LogP contribution in [0.3, 0.4) is 0 Å².